The molecule has 3 aromatic rings. The number of rotatable bonds is 2. The van der Waals surface area contributed by atoms with Crippen LogP contribution in [0.4, 0.5) is 8.78 Å². The summed E-state index contributed by atoms with van der Waals surface area (Å²) in [6.45, 7) is 3.32. The Balaban J connectivity index is 1.76. The number of carbonyl (C=O) groups excluding carboxylic acids is 1. The number of fused-ring (bicyclic) bond motifs is 1. The highest BCUT2D eigenvalue weighted by Crippen LogP contribution is 2.25. The van der Waals surface area contributed by atoms with E-state index in [0.29, 0.717) is 22.4 Å². The maximum atomic E-state index is 14.2. The number of piperidine rings is 1. The Morgan fingerprint density at radius 1 is 1.04 bits per heavy atom. The van der Waals surface area contributed by atoms with Gasteiger partial charge in [0.05, 0.1) is 16.7 Å². The van der Waals surface area contributed by atoms with Crippen molar-refractivity contribution >= 4 is 16.9 Å². The Morgan fingerprint density at radius 3 is 2.54 bits per heavy atom. The SMILES string of the molecule is Cc1nc2cc(C(=O)N3CCCCC3)ccc2n1-c1ccc(F)cc1F. The molecule has 0 saturated carbocycles. The third-order valence-corrected chi connectivity index (χ3v) is 4.86. The minimum atomic E-state index is -0.652. The Labute approximate surface area is 150 Å². The Hall–Kier alpha value is -2.76. The van der Waals surface area contributed by atoms with E-state index in [1.165, 1.54) is 12.1 Å². The molecule has 0 spiro atoms. The molecule has 1 aliphatic rings. The van der Waals surface area contributed by atoms with E-state index in [9.17, 15) is 13.6 Å². The highest BCUT2D eigenvalue weighted by molar-refractivity contribution is 5.97. The van der Waals surface area contributed by atoms with Crippen LogP contribution in [0.2, 0.25) is 0 Å². The lowest BCUT2D eigenvalue weighted by atomic mass is 10.1. The van der Waals surface area contributed by atoms with Gasteiger partial charge >= 0.3 is 0 Å². The molecule has 0 aliphatic carbocycles. The molecule has 0 radical (unpaired) electrons. The molecule has 1 fully saturated rings. The zero-order valence-electron chi connectivity index (χ0n) is 14.5. The van der Waals surface area contributed by atoms with Gasteiger partial charge in [-0.15, -0.1) is 0 Å². The molecule has 6 heteroatoms. The molecular weight excluding hydrogens is 336 g/mol. The number of aromatic nitrogens is 2. The van der Waals surface area contributed by atoms with Gasteiger partial charge in [-0.05, 0) is 56.5 Å². The molecule has 134 valence electrons. The van der Waals surface area contributed by atoms with E-state index >= 15 is 0 Å². The molecule has 1 amide bonds. The molecule has 0 unspecified atom stereocenters. The topological polar surface area (TPSA) is 38.1 Å². The zero-order valence-corrected chi connectivity index (χ0v) is 14.5. The molecule has 4 nitrogen and oxygen atoms in total. The molecule has 0 atom stereocenters. The van der Waals surface area contributed by atoms with Gasteiger partial charge in [0, 0.05) is 24.7 Å². The number of imidazole rings is 1. The van der Waals surface area contributed by atoms with E-state index in [4.69, 9.17) is 0 Å². The fourth-order valence-corrected chi connectivity index (χ4v) is 3.58. The van der Waals surface area contributed by atoms with E-state index in [1.54, 1.807) is 29.7 Å². The first-order valence-electron chi connectivity index (χ1n) is 8.78. The summed E-state index contributed by atoms with van der Waals surface area (Å²) in [5.74, 6) is -0.691. The summed E-state index contributed by atoms with van der Waals surface area (Å²) in [5, 5.41) is 0. The lowest BCUT2D eigenvalue weighted by molar-refractivity contribution is 0.0724. The summed E-state index contributed by atoms with van der Waals surface area (Å²) in [6.07, 6.45) is 3.23. The van der Waals surface area contributed by atoms with Gasteiger partial charge in [-0.2, -0.15) is 0 Å². The Bertz CT molecular complexity index is 990. The number of amides is 1. The number of hydrogen-bond donors (Lipinski definition) is 0. The van der Waals surface area contributed by atoms with Crippen LogP contribution in [0.15, 0.2) is 36.4 Å². The largest absolute Gasteiger partial charge is 0.339 e. The molecule has 1 aromatic heterocycles. The van der Waals surface area contributed by atoms with Gasteiger partial charge in [0.25, 0.3) is 5.91 Å². The second kappa shape index (κ2) is 6.52. The predicted octanol–water partition coefficient (Wildman–Crippen LogP) is 4.24. The van der Waals surface area contributed by atoms with Gasteiger partial charge in [-0.3, -0.25) is 9.36 Å². The Morgan fingerprint density at radius 2 is 1.81 bits per heavy atom. The van der Waals surface area contributed by atoms with Gasteiger partial charge in [0.1, 0.15) is 17.5 Å². The molecule has 1 saturated heterocycles. The standard InChI is InChI=1S/C20H19F2N3O/c1-13-23-17-11-14(20(26)24-9-3-2-4-10-24)5-7-19(17)25(13)18-8-6-15(21)12-16(18)22/h5-8,11-12H,2-4,9-10H2,1H3. The van der Waals surface area contributed by atoms with Crippen LogP contribution in [-0.4, -0.2) is 33.4 Å². The molecule has 0 bridgehead atoms. The van der Waals surface area contributed by atoms with Gasteiger partial charge in [0.2, 0.25) is 0 Å². The maximum absolute atomic E-state index is 14.2. The van der Waals surface area contributed by atoms with Crippen LogP contribution in [0.5, 0.6) is 0 Å². The van der Waals surface area contributed by atoms with Crippen LogP contribution in [0.3, 0.4) is 0 Å². The monoisotopic (exact) mass is 355 g/mol. The maximum Gasteiger partial charge on any atom is 0.253 e. The van der Waals surface area contributed by atoms with Crippen molar-refractivity contribution < 1.29 is 13.6 Å². The van der Waals surface area contributed by atoms with Gasteiger partial charge < -0.3 is 4.90 Å². The highest BCUT2D eigenvalue weighted by Gasteiger charge is 2.20. The summed E-state index contributed by atoms with van der Waals surface area (Å²) in [6, 6.07) is 8.74. The fraction of sp³-hybridized carbons (Fsp3) is 0.300. The number of hydrogen-bond acceptors (Lipinski definition) is 2. The minimum Gasteiger partial charge on any atom is -0.339 e. The highest BCUT2D eigenvalue weighted by atomic mass is 19.1. The van der Waals surface area contributed by atoms with Crippen molar-refractivity contribution in [3.63, 3.8) is 0 Å². The molecule has 1 aliphatic heterocycles. The molecule has 26 heavy (non-hydrogen) atoms. The minimum absolute atomic E-state index is 0.00626. The second-order valence-electron chi connectivity index (χ2n) is 6.65. The quantitative estimate of drug-likeness (QED) is 0.690. The van der Waals surface area contributed by atoms with E-state index in [0.717, 1.165) is 38.4 Å². The van der Waals surface area contributed by atoms with Crippen LogP contribution in [0.25, 0.3) is 16.7 Å². The van der Waals surface area contributed by atoms with Crippen molar-refractivity contribution in [3.8, 4) is 5.69 Å². The lowest BCUT2D eigenvalue weighted by Gasteiger charge is -2.26. The summed E-state index contributed by atoms with van der Waals surface area (Å²) in [5.41, 5.74) is 2.13. The van der Waals surface area contributed by atoms with E-state index < -0.39 is 11.6 Å². The average molecular weight is 355 g/mol. The molecule has 4 rings (SSSR count). The van der Waals surface area contributed by atoms with Gasteiger partial charge in [0.15, 0.2) is 0 Å². The second-order valence-corrected chi connectivity index (χ2v) is 6.65. The van der Waals surface area contributed by atoms with Crippen molar-refractivity contribution in [2.45, 2.75) is 26.2 Å². The third-order valence-electron chi connectivity index (χ3n) is 4.86. The molecule has 2 aromatic carbocycles. The zero-order chi connectivity index (χ0) is 18.3. The number of carbonyl (C=O) groups is 1. The first-order valence-corrected chi connectivity index (χ1v) is 8.78. The Kier molecular flexibility index (Phi) is 4.18. The lowest BCUT2D eigenvalue weighted by Crippen LogP contribution is -2.35. The van der Waals surface area contributed by atoms with Crippen LogP contribution in [-0.2, 0) is 0 Å². The van der Waals surface area contributed by atoms with Crippen LogP contribution in [0.1, 0.15) is 35.4 Å². The van der Waals surface area contributed by atoms with Crippen molar-refractivity contribution in [3.05, 3.63) is 59.4 Å². The number of benzene rings is 2. The number of aryl methyl sites for hydroxylation is 1. The molecular formula is C20H19F2N3O. The van der Waals surface area contributed by atoms with Crippen molar-refractivity contribution in [1.29, 1.82) is 0 Å². The summed E-state index contributed by atoms with van der Waals surface area (Å²) in [7, 11) is 0. The summed E-state index contributed by atoms with van der Waals surface area (Å²) >= 11 is 0. The van der Waals surface area contributed by atoms with Crippen LogP contribution in [0, 0.1) is 18.6 Å². The van der Waals surface area contributed by atoms with E-state index in [2.05, 4.69) is 4.98 Å². The molecule has 0 N–H and O–H groups in total. The van der Waals surface area contributed by atoms with Crippen molar-refractivity contribution in [2.24, 2.45) is 0 Å². The smallest absolute Gasteiger partial charge is 0.253 e. The predicted molar refractivity (Wildman–Crippen MR) is 95.5 cm³/mol. The average Bonchev–Trinajstić information content (AvgIpc) is 2.97. The first kappa shape index (κ1) is 16.7. The van der Waals surface area contributed by atoms with Crippen molar-refractivity contribution in [2.75, 3.05) is 13.1 Å². The summed E-state index contributed by atoms with van der Waals surface area (Å²) < 4.78 is 29.1. The van der Waals surface area contributed by atoms with Gasteiger partial charge in [-0.25, -0.2) is 13.8 Å². The molecule has 2 heterocycles. The third kappa shape index (κ3) is 2.85. The number of halogens is 2. The fourth-order valence-electron chi connectivity index (χ4n) is 3.58. The summed E-state index contributed by atoms with van der Waals surface area (Å²) in [4.78, 5) is 19.0. The van der Waals surface area contributed by atoms with Crippen LogP contribution >= 0.6 is 0 Å². The number of nitrogens with zero attached hydrogens (tertiary/aromatic N) is 3. The van der Waals surface area contributed by atoms with Crippen LogP contribution < -0.4 is 0 Å². The van der Waals surface area contributed by atoms with Crippen molar-refractivity contribution in [1.82, 2.24) is 14.5 Å². The van der Waals surface area contributed by atoms with E-state index in [-0.39, 0.29) is 11.6 Å². The first-order chi connectivity index (χ1) is 12.5. The van der Waals surface area contributed by atoms with E-state index in [1.807, 2.05) is 4.90 Å². The van der Waals surface area contributed by atoms with Gasteiger partial charge in [-0.1, -0.05) is 0 Å². The normalized spacial score (nSPS) is 14.8. The number of likely N-dealkylation sites (tertiary alicyclic amines) is 1.